The topological polar surface area (TPSA) is 55.9 Å². The molecule has 0 unspecified atom stereocenters. The van der Waals surface area contributed by atoms with Crippen LogP contribution in [0.5, 0.6) is 0 Å². The quantitative estimate of drug-likeness (QED) is 0.605. The number of nitrogens with zero attached hydrogens (tertiary/aromatic N) is 3. The predicted octanol–water partition coefficient (Wildman–Crippen LogP) is 4.11. The Morgan fingerprint density at radius 2 is 1.95 bits per heavy atom. The van der Waals surface area contributed by atoms with Gasteiger partial charge in [-0.3, -0.25) is 5.32 Å². The lowest BCUT2D eigenvalue weighted by molar-refractivity contribution is 0.621. The highest BCUT2D eigenvalue weighted by Gasteiger charge is 2.11. The Balaban J connectivity index is 1.77. The smallest absolute Gasteiger partial charge is 0.302 e. The normalized spacial score (nSPS) is 11.3. The highest BCUT2D eigenvalue weighted by molar-refractivity contribution is 6.31. The fourth-order valence-electron chi connectivity index (χ4n) is 2.30. The van der Waals surface area contributed by atoms with Crippen LogP contribution in [-0.2, 0) is 7.05 Å². The molecular weight excluding hydrogens is 288 g/mol. The fraction of sp³-hybridized carbons (Fsp3) is 0.0667. The van der Waals surface area contributed by atoms with Crippen molar-refractivity contribution in [3.8, 4) is 0 Å². The van der Waals surface area contributed by atoms with Crippen LogP contribution in [0.25, 0.3) is 22.1 Å². The van der Waals surface area contributed by atoms with E-state index in [0.717, 1.165) is 16.6 Å². The molecule has 0 aliphatic carbocycles. The lowest BCUT2D eigenvalue weighted by Crippen LogP contribution is -1.98. The van der Waals surface area contributed by atoms with Gasteiger partial charge in [-0.2, -0.15) is 4.98 Å². The third-order valence-corrected chi connectivity index (χ3v) is 3.59. The number of benzene rings is 2. The molecule has 0 aliphatic rings. The van der Waals surface area contributed by atoms with Crippen molar-refractivity contribution in [3.05, 3.63) is 47.5 Å². The van der Waals surface area contributed by atoms with Crippen molar-refractivity contribution in [2.45, 2.75) is 0 Å². The van der Waals surface area contributed by atoms with Gasteiger partial charge in [-0.25, -0.2) is 4.98 Å². The van der Waals surface area contributed by atoms with Crippen LogP contribution in [0.2, 0.25) is 5.02 Å². The van der Waals surface area contributed by atoms with E-state index in [1.54, 1.807) is 12.1 Å². The Kier molecular flexibility index (Phi) is 2.62. The molecule has 0 fully saturated rings. The van der Waals surface area contributed by atoms with Gasteiger partial charge in [-0.05, 0) is 24.3 Å². The van der Waals surface area contributed by atoms with Gasteiger partial charge in [0.25, 0.3) is 0 Å². The maximum absolute atomic E-state index is 5.94. The molecule has 104 valence electrons. The van der Waals surface area contributed by atoms with Crippen molar-refractivity contribution < 1.29 is 4.42 Å². The molecule has 0 amide bonds. The first-order chi connectivity index (χ1) is 10.2. The second-order valence-corrected chi connectivity index (χ2v) is 5.18. The molecule has 0 saturated carbocycles. The summed E-state index contributed by atoms with van der Waals surface area (Å²) in [6.45, 7) is 0. The molecule has 0 spiro atoms. The average Bonchev–Trinajstić information content (AvgIpc) is 3.01. The van der Waals surface area contributed by atoms with Gasteiger partial charge >= 0.3 is 6.01 Å². The highest BCUT2D eigenvalue weighted by Crippen LogP contribution is 2.25. The lowest BCUT2D eigenvalue weighted by atomic mass is 10.3. The molecule has 0 aliphatic heterocycles. The van der Waals surface area contributed by atoms with Crippen LogP contribution < -0.4 is 5.32 Å². The zero-order valence-corrected chi connectivity index (χ0v) is 11.9. The molecule has 4 rings (SSSR count). The van der Waals surface area contributed by atoms with Gasteiger partial charge in [0.1, 0.15) is 5.52 Å². The second-order valence-electron chi connectivity index (χ2n) is 4.74. The number of hydrogen-bond acceptors (Lipinski definition) is 4. The van der Waals surface area contributed by atoms with Crippen LogP contribution in [0.4, 0.5) is 12.0 Å². The Hall–Kier alpha value is -2.53. The highest BCUT2D eigenvalue weighted by atomic mass is 35.5. The minimum absolute atomic E-state index is 0.394. The number of aryl methyl sites for hydroxylation is 1. The summed E-state index contributed by atoms with van der Waals surface area (Å²) < 4.78 is 7.60. The number of halogens is 1. The minimum Gasteiger partial charge on any atom is -0.423 e. The van der Waals surface area contributed by atoms with Gasteiger partial charge in [-0.15, -0.1) is 0 Å². The number of imidazole rings is 1. The third-order valence-electron chi connectivity index (χ3n) is 3.36. The number of nitrogens with one attached hydrogen (secondary N) is 1. The lowest BCUT2D eigenvalue weighted by Gasteiger charge is -2.01. The number of hydrogen-bond donors (Lipinski definition) is 1. The van der Waals surface area contributed by atoms with Crippen molar-refractivity contribution in [1.29, 1.82) is 0 Å². The molecule has 1 N–H and O–H groups in total. The Bertz CT molecular complexity index is 957. The zero-order valence-electron chi connectivity index (χ0n) is 11.2. The van der Waals surface area contributed by atoms with Gasteiger partial charge in [0.05, 0.1) is 11.0 Å². The van der Waals surface area contributed by atoms with E-state index >= 15 is 0 Å². The van der Waals surface area contributed by atoms with Crippen molar-refractivity contribution >= 4 is 45.7 Å². The van der Waals surface area contributed by atoms with Gasteiger partial charge in [0.15, 0.2) is 5.58 Å². The monoisotopic (exact) mass is 298 g/mol. The molecule has 0 radical (unpaired) electrons. The summed E-state index contributed by atoms with van der Waals surface area (Å²) >= 11 is 5.94. The van der Waals surface area contributed by atoms with Crippen LogP contribution in [0.3, 0.4) is 0 Å². The number of oxazole rings is 1. The molecule has 21 heavy (non-hydrogen) atoms. The molecule has 2 heterocycles. The van der Waals surface area contributed by atoms with E-state index in [9.17, 15) is 0 Å². The van der Waals surface area contributed by atoms with Gasteiger partial charge < -0.3 is 8.98 Å². The predicted molar refractivity (Wildman–Crippen MR) is 83.0 cm³/mol. The van der Waals surface area contributed by atoms with Crippen LogP contribution in [0.15, 0.2) is 46.9 Å². The molecule has 2 aromatic heterocycles. The SMILES string of the molecule is Cn1c(Nc2nc3ccc(Cl)cc3o2)nc2ccccc21. The molecule has 0 saturated heterocycles. The molecule has 6 heteroatoms. The van der Waals surface area contributed by atoms with E-state index in [4.69, 9.17) is 16.0 Å². The van der Waals surface area contributed by atoms with Crippen LogP contribution >= 0.6 is 11.6 Å². The summed E-state index contributed by atoms with van der Waals surface area (Å²) in [7, 11) is 1.94. The van der Waals surface area contributed by atoms with Gasteiger partial charge in [-0.1, -0.05) is 23.7 Å². The largest absolute Gasteiger partial charge is 0.423 e. The van der Waals surface area contributed by atoms with E-state index < -0.39 is 0 Å². The maximum atomic E-state index is 5.94. The molecule has 2 aromatic carbocycles. The van der Waals surface area contributed by atoms with Crippen LogP contribution in [0.1, 0.15) is 0 Å². The van der Waals surface area contributed by atoms with Gasteiger partial charge in [0.2, 0.25) is 5.95 Å². The van der Waals surface area contributed by atoms with E-state index in [2.05, 4.69) is 15.3 Å². The zero-order chi connectivity index (χ0) is 14.4. The Labute approximate surface area is 125 Å². The van der Waals surface area contributed by atoms with E-state index in [-0.39, 0.29) is 0 Å². The van der Waals surface area contributed by atoms with E-state index in [0.29, 0.717) is 22.6 Å². The number of anilines is 2. The van der Waals surface area contributed by atoms with E-state index in [1.807, 2.05) is 41.9 Å². The Morgan fingerprint density at radius 3 is 2.81 bits per heavy atom. The first-order valence-electron chi connectivity index (χ1n) is 6.45. The van der Waals surface area contributed by atoms with Crippen molar-refractivity contribution in [3.63, 3.8) is 0 Å². The first-order valence-corrected chi connectivity index (χ1v) is 6.83. The number of rotatable bonds is 2. The molecule has 0 atom stereocenters. The third kappa shape index (κ3) is 2.02. The van der Waals surface area contributed by atoms with Gasteiger partial charge in [0, 0.05) is 18.1 Å². The van der Waals surface area contributed by atoms with E-state index in [1.165, 1.54) is 0 Å². The number of para-hydroxylation sites is 2. The van der Waals surface area contributed by atoms with Crippen molar-refractivity contribution in [2.24, 2.45) is 7.05 Å². The Morgan fingerprint density at radius 1 is 1.10 bits per heavy atom. The van der Waals surface area contributed by atoms with Crippen molar-refractivity contribution in [2.75, 3.05) is 5.32 Å². The summed E-state index contributed by atoms with van der Waals surface area (Å²) in [5.74, 6) is 0.675. The average molecular weight is 299 g/mol. The summed E-state index contributed by atoms with van der Waals surface area (Å²) in [6.07, 6.45) is 0. The fourth-order valence-corrected chi connectivity index (χ4v) is 2.47. The molecule has 0 bridgehead atoms. The minimum atomic E-state index is 0.394. The summed E-state index contributed by atoms with van der Waals surface area (Å²) in [4.78, 5) is 8.89. The molecular formula is C15H11ClN4O. The first kappa shape index (κ1) is 12.2. The van der Waals surface area contributed by atoms with Crippen LogP contribution in [0, 0.1) is 0 Å². The second kappa shape index (κ2) is 4.49. The molecule has 4 aromatic rings. The number of fused-ring (bicyclic) bond motifs is 2. The van der Waals surface area contributed by atoms with Crippen LogP contribution in [-0.4, -0.2) is 14.5 Å². The number of aromatic nitrogens is 3. The standard InChI is InChI=1S/C15H11ClN4O/c1-20-12-5-3-2-4-10(12)17-14(20)19-15-18-11-7-6-9(16)8-13(11)21-15/h2-8H,1H3,(H,17,18,19). The summed E-state index contributed by atoms with van der Waals surface area (Å²) in [5, 5.41) is 3.72. The maximum Gasteiger partial charge on any atom is 0.302 e. The molecule has 5 nitrogen and oxygen atoms in total. The van der Waals surface area contributed by atoms with Crippen molar-refractivity contribution in [1.82, 2.24) is 14.5 Å². The summed E-state index contributed by atoms with van der Waals surface area (Å²) in [6, 6.07) is 13.7. The summed E-state index contributed by atoms with van der Waals surface area (Å²) in [5.41, 5.74) is 3.35.